The Hall–Kier alpha value is -2.10. The zero-order chi connectivity index (χ0) is 13.9. The van der Waals surface area contributed by atoms with E-state index in [1.54, 1.807) is 0 Å². The van der Waals surface area contributed by atoms with Crippen molar-refractivity contribution < 1.29 is 0 Å². The molecule has 3 rings (SSSR count). The number of hydrogen-bond donors (Lipinski definition) is 0. The van der Waals surface area contributed by atoms with Crippen LogP contribution in [-0.2, 0) is 0 Å². The van der Waals surface area contributed by atoms with Crippen molar-refractivity contribution in [3.05, 3.63) is 47.9 Å². The predicted octanol–water partition coefficient (Wildman–Crippen LogP) is 2.42. The Morgan fingerprint density at radius 2 is 1.55 bits per heavy atom. The van der Waals surface area contributed by atoms with Crippen molar-refractivity contribution in [2.24, 2.45) is 0 Å². The van der Waals surface area contributed by atoms with Gasteiger partial charge in [0.1, 0.15) is 5.82 Å². The molecule has 1 aliphatic rings. The average Bonchev–Trinajstić information content (AvgIpc) is 2.51. The van der Waals surface area contributed by atoms with E-state index in [-0.39, 0.29) is 0 Å². The molecule has 0 aliphatic carbocycles. The van der Waals surface area contributed by atoms with Crippen LogP contribution in [0.2, 0.25) is 0 Å². The number of benzene rings is 1. The maximum Gasteiger partial charge on any atom is 0.150 e. The molecular formula is C16H20N4. The standard InChI is InChI=1S/C16H20N4/c1-13-12-17-14(2)16(18-13)20-10-8-19(9-11-20)15-6-4-3-5-7-15/h3-7,12H,8-11H2,1-2H3. The zero-order valence-electron chi connectivity index (χ0n) is 12.1. The largest absolute Gasteiger partial charge is 0.368 e. The monoisotopic (exact) mass is 268 g/mol. The molecule has 1 aliphatic heterocycles. The summed E-state index contributed by atoms with van der Waals surface area (Å²) >= 11 is 0. The number of nitrogens with zero attached hydrogens (tertiary/aromatic N) is 4. The number of anilines is 2. The summed E-state index contributed by atoms with van der Waals surface area (Å²) in [7, 11) is 0. The molecule has 4 nitrogen and oxygen atoms in total. The van der Waals surface area contributed by atoms with Crippen molar-refractivity contribution in [2.75, 3.05) is 36.0 Å². The molecule has 1 aromatic heterocycles. The van der Waals surface area contributed by atoms with E-state index < -0.39 is 0 Å². The molecule has 0 unspecified atom stereocenters. The van der Waals surface area contributed by atoms with E-state index in [0.29, 0.717) is 0 Å². The molecule has 0 amide bonds. The third-order valence-electron chi connectivity index (χ3n) is 3.75. The maximum absolute atomic E-state index is 4.64. The highest BCUT2D eigenvalue weighted by Gasteiger charge is 2.19. The summed E-state index contributed by atoms with van der Waals surface area (Å²) in [6.07, 6.45) is 1.83. The average molecular weight is 268 g/mol. The molecule has 0 spiro atoms. The summed E-state index contributed by atoms with van der Waals surface area (Å²) in [6, 6.07) is 10.6. The van der Waals surface area contributed by atoms with Gasteiger partial charge in [0.2, 0.25) is 0 Å². The van der Waals surface area contributed by atoms with Crippen molar-refractivity contribution in [3.8, 4) is 0 Å². The van der Waals surface area contributed by atoms with Crippen molar-refractivity contribution in [1.29, 1.82) is 0 Å². The molecule has 0 saturated carbocycles. The van der Waals surface area contributed by atoms with Crippen LogP contribution in [0.4, 0.5) is 11.5 Å². The van der Waals surface area contributed by atoms with Gasteiger partial charge < -0.3 is 9.80 Å². The van der Waals surface area contributed by atoms with Gasteiger partial charge in [-0.1, -0.05) is 18.2 Å². The molecule has 0 bridgehead atoms. The molecule has 2 aromatic rings. The Bertz CT molecular complexity index is 574. The van der Waals surface area contributed by atoms with Gasteiger partial charge in [0.25, 0.3) is 0 Å². The highest BCUT2D eigenvalue weighted by molar-refractivity contribution is 5.50. The van der Waals surface area contributed by atoms with E-state index in [1.807, 2.05) is 20.0 Å². The van der Waals surface area contributed by atoms with Gasteiger partial charge in [-0.05, 0) is 26.0 Å². The Balaban J connectivity index is 1.71. The fourth-order valence-corrected chi connectivity index (χ4v) is 2.64. The van der Waals surface area contributed by atoms with Crippen molar-refractivity contribution >= 4 is 11.5 Å². The first kappa shape index (κ1) is 12.9. The summed E-state index contributed by atoms with van der Waals surface area (Å²) in [5.74, 6) is 1.04. The van der Waals surface area contributed by atoms with Gasteiger partial charge in [-0.3, -0.25) is 4.98 Å². The Kier molecular flexibility index (Phi) is 3.54. The smallest absolute Gasteiger partial charge is 0.150 e. The molecule has 1 aromatic carbocycles. The van der Waals surface area contributed by atoms with Gasteiger partial charge in [0.05, 0.1) is 11.4 Å². The van der Waals surface area contributed by atoms with Gasteiger partial charge in [0, 0.05) is 38.1 Å². The predicted molar refractivity (Wildman–Crippen MR) is 82.4 cm³/mol. The highest BCUT2D eigenvalue weighted by Crippen LogP contribution is 2.20. The van der Waals surface area contributed by atoms with Crippen molar-refractivity contribution in [1.82, 2.24) is 9.97 Å². The molecule has 1 saturated heterocycles. The normalized spacial score (nSPS) is 15.5. The summed E-state index contributed by atoms with van der Waals surface area (Å²) in [5.41, 5.74) is 3.30. The van der Waals surface area contributed by atoms with Gasteiger partial charge >= 0.3 is 0 Å². The third-order valence-corrected chi connectivity index (χ3v) is 3.75. The summed E-state index contributed by atoms with van der Waals surface area (Å²) in [5, 5.41) is 0. The molecule has 2 heterocycles. The molecule has 104 valence electrons. The Morgan fingerprint density at radius 3 is 2.25 bits per heavy atom. The summed E-state index contributed by atoms with van der Waals surface area (Å²) in [4.78, 5) is 13.8. The van der Waals surface area contributed by atoms with Gasteiger partial charge in [0.15, 0.2) is 0 Å². The molecular weight excluding hydrogens is 248 g/mol. The topological polar surface area (TPSA) is 32.3 Å². The first-order valence-corrected chi connectivity index (χ1v) is 7.09. The van der Waals surface area contributed by atoms with E-state index in [0.717, 1.165) is 43.4 Å². The minimum atomic E-state index is 0.982. The minimum absolute atomic E-state index is 0.982. The van der Waals surface area contributed by atoms with E-state index in [2.05, 4.69) is 50.1 Å². The fraction of sp³-hybridized carbons (Fsp3) is 0.375. The maximum atomic E-state index is 4.64. The van der Waals surface area contributed by atoms with E-state index >= 15 is 0 Å². The zero-order valence-corrected chi connectivity index (χ0v) is 12.1. The lowest BCUT2D eigenvalue weighted by molar-refractivity contribution is 0.643. The first-order valence-electron chi connectivity index (χ1n) is 7.09. The van der Waals surface area contributed by atoms with E-state index in [4.69, 9.17) is 0 Å². The number of aryl methyl sites for hydroxylation is 2. The van der Waals surface area contributed by atoms with Crippen LogP contribution in [0.3, 0.4) is 0 Å². The van der Waals surface area contributed by atoms with Crippen LogP contribution in [0, 0.1) is 13.8 Å². The molecule has 0 atom stereocenters. The molecule has 0 radical (unpaired) electrons. The van der Waals surface area contributed by atoms with Crippen LogP contribution in [0.5, 0.6) is 0 Å². The number of para-hydroxylation sites is 1. The number of aromatic nitrogens is 2. The number of rotatable bonds is 2. The number of hydrogen-bond acceptors (Lipinski definition) is 4. The van der Waals surface area contributed by atoms with Crippen LogP contribution >= 0.6 is 0 Å². The lowest BCUT2D eigenvalue weighted by Gasteiger charge is -2.37. The lowest BCUT2D eigenvalue weighted by atomic mass is 10.2. The third kappa shape index (κ3) is 2.59. The van der Waals surface area contributed by atoms with Crippen LogP contribution in [0.1, 0.15) is 11.4 Å². The van der Waals surface area contributed by atoms with Crippen molar-refractivity contribution in [3.63, 3.8) is 0 Å². The Morgan fingerprint density at radius 1 is 0.900 bits per heavy atom. The van der Waals surface area contributed by atoms with E-state index in [1.165, 1.54) is 5.69 Å². The lowest BCUT2D eigenvalue weighted by Crippen LogP contribution is -2.47. The highest BCUT2D eigenvalue weighted by atomic mass is 15.3. The minimum Gasteiger partial charge on any atom is -0.368 e. The quantitative estimate of drug-likeness (QED) is 0.837. The molecule has 4 heteroatoms. The second-order valence-corrected chi connectivity index (χ2v) is 5.23. The number of piperazine rings is 1. The Labute approximate surface area is 120 Å². The van der Waals surface area contributed by atoms with Crippen LogP contribution < -0.4 is 9.80 Å². The van der Waals surface area contributed by atoms with Crippen molar-refractivity contribution in [2.45, 2.75) is 13.8 Å². The SMILES string of the molecule is Cc1cnc(C)c(N2CCN(c3ccccc3)CC2)n1. The molecule has 0 N–H and O–H groups in total. The van der Waals surface area contributed by atoms with Gasteiger partial charge in [-0.2, -0.15) is 0 Å². The first-order chi connectivity index (χ1) is 9.74. The second kappa shape index (κ2) is 5.49. The van der Waals surface area contributed by atoms with E-state index in [9.17, 15) is 0 Å². The molecule has 1 fully saturated rings. The molecule has 20 heavy (non-hydrogen) atoms. The van der Waals surface area contributed by atoms with Crippen LogP contribution in [0.25, 0.3) is 0 Å². The van der Waals surface area contributed by atoms with Crippen LogP contribution in [0.15, 0.2) is 36.5 Å². The van der Waals surface area contributed by atoms with Crippen LogP contribution in [-0.4, -0.2) is 36.1 Å². The van der Waals surface area contributed by atoms with Gasteiger partial charge in [-0.15, -0.1) is 0 Å². The summed E-state index contributed by atoms with van der Waals surface area (Å²) in [6.45, 7) is 8.07. The fourth-order valence-electron chi connectivity index (χ4n) is 2.64. The van der Waals surface area contributed by atoms with Gasteiger partial charge in [-0.25, -0.2) is 4.98 Å². The summed E-state index contributed by atoms with van der Waals surface area (Å²) < 4.78 is 0. The second-order valence-electron chi connectivity index (χ2n) is 5.23.